The number of rotatable bonds is 4. The summed E-state index contributed by atoms with van der Waals surface area (Å²) in [4.78, 5) is 8.16. The number of hydrogen-bond acceptors (Lipinski definition) is 6. The van der Waals surface area contributed by atoms with Crippen LogP contribution in [0.1, 0.15) is 17.5 Å². The predicted molar refractivity (Wildman–Crippen MR) is 66.7 cm³/mol. The van der Waals surface area contributed by atoms with Crippen LogP contribution in [0.2, 0.25) is 0 Å². The lowest BCUT2D eigenvalue weighted by Gasteiger charge is -2.05. The predicted octanol–water partition coefficient (Wildman–Crippen LogP) is 1.10. The van der Waals surface area contributed by atoms with Gasteiger partial charge in [-0.2, -0.15) is 10.1 Å². The van der Waals surface area contributed by atoms with Crippen molar-refractivity contribution in [1.29, 1.82) is 0 Å². The molecule has 0 spiro atoms. The zero-order chi connectivity index (χ0) is 13.1. The number of hydrogen-bond donors (Lipinski definition) is 2. The fraction of sp³-hybridized carbons (Fsp3) is 0.167. The van der Waals surface area contributed by atoms with Crippen molar-refractivity contribution in [1.82, 2.24) is 25.3 Å². The first kappa shape index (κ1) is 11.5. The van der Waals surface area contributed by atoms with Crippen LogP contribution in [-0.4, -0.2) is 25.3 Å². The maximum Gasteiger partial charge on any atom is 0.244 e. The first-order valence-corrected chi connectivity index (χ1v) is 5.82. The lowest BCUT2D eigenvalue weighted by molar-refractivity contribution is 0.354. The quantitative estimate of drug-likeness (QED) is 0.723. The molecule has 1 aromatic carbocycles. The Labute approximate surface area is 108 Å². The van der Waals surface area contributed by atoms with Crippen molar-refractivity contribution in [2.24, 2.45) is 5.73 Å². The number of aromatic amines is 1. The number of H-pyrrole nitrogens is 1. The molecule has 1 atom stereocenters. The van der Waals surface area contributed by atoms with Gasteiger partial charge in [-0.05, 0) is 12.0 Å². The largest absolute Gasteiger partial charge is 0.337 e. The highest BCUT2D eigenvalue weighted by Crippen LogP contribution is 2.17. The van der Waals surface area contributed by atoms with Gasteiger partial charge in [0.15, 0.2) is 5.82 Å². The number of aromatic nitrogens is 5. The van der Waals surface area contributed by atoms with Crippen molar-refractivity contribution in [2.75, 3.05) is 0 Å². The van der Waals surface area contributed by atoms with Gasteiger partial charge in [0, 0.05) is 0 Å². The van der Waals surface area contributed by atoms with E-state index < -0.39 is 0 Å². The molecule has 0 bridgehead atoms. The SMILES string of the molecule is N[C@@H](Cc1ccccc1)c1nc(-c2ncn[nH]2)no1. The third-order valence-corrected chi connectivity index (χ3v) is 2.68. The Morgan fingerprint density at radius 2 is 2.11 bits per heavy atom. The molecule has 0 aliphatic heterocycles. The molecule has 2 aromatic heterocycles. The number of nitrogens with two attached hydrogens (primary N) is 1. The summed E-state index contributed by atoms with van der Waals surface area (Å²) in [5.41, 5.74) is 7.17. The molecule has 96 valence electrons. The number of benzene rings is 1. The van der Waals surface area contributed by atoms with Crippen LogP contribution >= 0.6 is 0 Å². The van der Waals surface area contributed by atoms with Crippen molar-refractivity contribution in [3.05, 3.63) is 48.1 Å². The fourth-order valence-corrected chi connectivity index (χ4v) is 1.75. The van der Waals surface area contributed by atoms with Gasteiger partial charge in [0.1, 0.15) is 6.33 Å². The molecular weight excluding hydrogens is 244 g/mol. The molecule has 0 saturated heterocycles. The van der Waals surface area contributed by atoms with Gasteiger partial charge in [-0.3, -0.25) is 5.10 Å². The highest BCUT2D eigenvalue weighted by atomic mass is 16.5. The molecule has 0 fully saturated rings. The van der Waals surface area contributed by atoms with Crippen molar-refractivity contribution < 1.29 is 4.52 Å². The van der Waals surface area contributed by atoms with E-state index in [1.807, 2.05) is 30.3 Å². The number of nitrogens with one attached hydrogen (secondary N) is 1. The molecule has 0 aliphatic rings. The first-order valence-electron chi connectivity index (χ1n) is 5.82. The van der Waals surface area contributed by atoms with E-state index >= 15 is 0 Å². The molecule has 0 saturated carbocycles. The van der Waals surface area contributed by atoms with Crippen LogP contribution in [0.15, 0.2) is 41.2 Å². The Hall–Kier alpha value is -2.54. The topological polar surface area (TPSA) is 107 Å². The van der Waals surface area contributed by atoms with Crippen molar-refractivity contribution in [3.8, 4) is 11.6 Å². The van der Waals surface area contributed by atoms with Gasteiger partial charge >= 0.3 is 0 Å². The summed E-state index contributed by atoms with van der Waals surface area (Å²) >= 11 is 0. The van der Waals surface area contributed by atoms with Crippen LogP contribution in [0, 0.1) is 0 Å². The van der Waals surface area contributed by atoms with Crippen molar-refractivity contribution in [2.45, 2.75) is 12.5 Å². The van der Waals surface area contributed by atoms with Crippen LogP contribution in [0.4, 0.5) is 0 Å². The Morgan fingerprint density at radius 1 is 1.26 bits per heavy atom. The zero-order valence-electron chi connectivity index (χ0n) is 10.0. The molecule has 3 aromatic rings. The second-order valence-corrected chi connectivity index (χ2v) is 4.09. The van der Waals surface area contributed by atoms with Crippen molar-refractivity contribution >= 4 is 0 Å². The van der Waals surface area contributed by atoms with Crippen LogP contribution in [0.5, 0.6) is 0 Å². The summed E-state index contributed by atoms with van der Waals surface area (Å²) in [5, 5.41) is 10.2. The molecule has 3 rings (SSSR count). The molecule has 7 heteroatoms. The van der Waals surface area contributed by atoms with Crippen LogP contribution in [0.25, 0.3) is 11.6 Å². The van der Waals surface area contributed by atoms with Crippen LogP contribution in [0.3, 0.4) is 0 Å². The van der Waals surface area contributed by atoms with E-state index in [4.69, 9.17) is 10.3 Å². The third kappa shape index (κ3) is 2.50. The normalized spacial score (nSPS) is 12.5. The summed E-state index contributed by atoms with van der Waals surface area (Å²) in [6, 6.07) is 9.57. The standard InChI is InChI=1S/C12H12N6O/c13-9(6-8-4-2-1-3-5-8)12-16-11(18-19-12)10-14-7-15-17-10/h1-5,7,9H,6,13H2,(H,14,15,17)/t9-/m0/s1. The number of nitrogens with zero attached hydrogens (tertiary/aromatic N) is 4. The Morgan fingerprint density at radius 3 is 2.84 bits per heavy atom. The zero-order valence-corrected chi connectivity index (χ0v) is 10.0. The van der Waals surface area contributed by atoms with Crippen molar-refractivity contribution in [3.63, 3.8) is 0 Å². The fourth-order valence-electron chi connectivity index (χ4n) is 1.75. The Bertz CT molecular complexity index is 633. The van der Waals surface area contributed by atoms with Gasteiger partial charge in [0.05, 0.1) is 6.04 Å². The van der Waals surface area contributed by atoms with E-state index in [0.717, 1.165) is 5.56 Å². The summed E-state index contributed by atoms with van der Waals surface area (Å²) in [6.45, 7) is 0. The summed E-state index contributed by atoms with van der Waals surface area (Å²) in [6.07, 6.45) is 2.02. The molecular formula is C12H12N6O. The highest BCUT2D eigenvalue weighted by molar-refractivity contribution is 5.39. The van der Waals surface area contributed by atoms with E-state index in [0.29, 0.717) is 24.0 Å². The van der Waals surface area contributed by atoms with Crippen LogP contribution < -0.4 is 5.73 Å². The average molecular weight is 256 g/mol. The third-order valence-electron chi connectivity index (χ3n) is 2.68. The van der Waals surface area contributed by atoms with E-state index in [9.17, 15) is 0 Å². The maximum atomic E-state index is 6.05. The monoisotopic (exact) mass is 256 g/mol. The molecule has 0 unspecified atom stereocenters. The molecule has 0 aliphatic carbocycles. The van der Waals surface area contributed by atoms with E-state index in [2.05, 4.69) is 25.3 Å². The molecule has 0 radical (unpaired) electrons. The summed E-state index contributed by atoms with van der Waals surface area (Å²) < 4.78 is 5.15. The molecule has 0 amide bonds. The second kappa shape index (κ2) is 4.99. The van der Waals surface area contributed by atoms with Gasteiger partial charge in [0.25, 0.3) is 0 Å². The molecule has 19 heavy (non-hydrogen) atoms. The summed E-state index contributed by atoms with van der Waals surface area (Å²) in [7, 11) is 0. The minimum absolute atomic E-state index is 0.341. The van der Waals surface area contributed by atoms with E-state index in [1.54, 1.807) is 0 Å². The van der Waals surface area contributed by atoms with Gasteiger partial charge < -0.3 is 10.3 Å². The Kier molecular flexibility index (Phi) is 3.03. The summed E-state index contributed by atoms with van der Waals surface area (Å²) in [5.74, 6) is 1.20. The van der Waals surface area contributed by atoms with Gasteiger partial charge in [-0.1, -0.05) is 35.5 Å². The molecule has 3 N–H and O–H groups in total. The minimum atomic E-state index is -0.341. The maximum absolute atomic E-state index is 6.05. The van der Waals surface area contributed by atoms with Gasteiger partial charge in [-0.25, -0.2) is 4.98 Å². The van der Waals surface area contributed by atoms with E-state index in [-0.39, 0.29) is 6.04 Å². The average Bonchev–Trinajstić information content (AvgIpc) is 3.11. The molecule has 7 nitrogen and oxygen atoms in total. The highest BCUT2D eigenvalue weighted by Gasteiger charge is 2.17. The molecule has 2 heterocycles. The Balaban J connectivity index is 1.76. The minimum Gasteiger partial charge on any atom is -0.337 e. The van der Waals surface area contributed by atoms with Gasteiger partial charge in [-0.15, -0.1) is 0 Å². The van der Waals surface area contributed by atoms with Gasteiger partial charge in [0.2, 0.25) is 11.7 Å². The second-order valence-electron chi connectivity index (χ2n) is 4.09. The first-order chi connectivity index (χ1) is 9.33. The van der Waals surface area contributed by atoms with Crippen LogP contribution in [-0.2, 0) is 6.42 Å². The smallest absolute Gasteiger partial charge is 0.244 e. The van der Waals surface area contributed by atoms with E-state index in [1.165, 1.54) is 6.33 Å². The lowest BCUT2D eigenvalue weighted by Crippen LogP contribution is -2.13. The lowest BCUT2D eigenvalue weighted by atomic mass is 10.1.